The fraction of sp³-hybridized carbons (Fsp3) is 0.147. The van der Waals surface area contributed by atoms with Crippen LogP contribution in [0.2, 0.25) is 0 Å². The van der Waals surface area contributed by atoms with Crippen molar-refractivity contribution < 1.29 is 47.3 Å². The first kappa shape index (κ1) is 59.4. The van der Waals surface area contributed by atoms with Gasteiger partial charge in [-0.05, 0) is 104 Å². The molecule has 82 heavy (non-hydrogen) atoms. The van der Waals surface area contributed by atoms with Crippen LogP contribution in [-0.2, 0) is 28.2 Å². The summed E-state index contributed by atoms with van der Waals surface area (Å²) in [4.78, 5) is 58.3. The fourth-order valence-electron chi connectivity index (χ4n) is 9.59. The Morgan fingerprint density at radius 3 is 0.890 bits per heavy atom. The molecule has 0 bridgehead atoms. The highest BCUT2D eigenvalue weighted by Crippen LogP contribution is 2.50. The van der Waals surface area contributed by atoms with Crippen molar-refractivity contribution in [2.45, 2.75) is 53.8 Å². The molecule has 0 radical (unpaired) electrons. The van der Waals surface area contributed by atoms with Gasteiger partial charge >= 0.3 is 23.9 Å². The highest BCUT2D eigenvalue weighted by Gasteiger charge is 2.43. The van der Waals surface area contributed by atoms with Crippen molar-refractivity contribution in [3.8, 4) is 33.8 Å². The van der Waals surface area contributed by atoms with Gasteiger partial charge < -0.3 is 28.1 Å². The molecule has 0 aliphatic carbocycles. The number of carbonyl (C=O) groups excluding carboxylic acids is 4. The zero-order valence-corrected chi connectivity index (χ0v) is 51.9. The predicted octanol–water partition coefficient (Wildman–Crippen LogP) is 13.9. The Balaban J connectivity index is 1.01. The lowest BCUT2D eigenvalue weighted by Crippen LogP contribution is -2.42. The molecule has 9 rings (SSSR count). The number of halogens is 2. The molecule has 0 spiro atoms. The summed E-state index contributed by atoms with van der Waals surface area (Å²) in [6.45, 7) is 10.3. The molecule has 2 atom stereocenters. The van der Waals surface area contributed by atoms with Gasteiger partial charge in [0.1, 0.15) is 11.5 Å². The first-order chi connectivity index (χ1) is 39.2. The second-order valence-corrected chi connectivity index (χ2v) is 29.1. The summed E-state index contributed by atoms with van der Waals surface area (Å²) in [6.07, 6.45) is -3.08. The second kappa shape index (κ2) is 25.1. The fourth-order valence-corrected chi connectivity index (χ4v) is 18.6. The number of hydrogen-bond donors (Lipinski definition) is 0. The number of benzene rings is 9. The molecular formula is C68H58I2O10P2. The van der Waals surface area contributed by atoms with E-state index < -0.39 is 61.2 Å². The Kier molecular flexibility index (Phi) is 18.2. The predicted molar refractivity (Wildman–Crippen MR) is 343 cm³/mol. The number of esters is 4. The molecule has 0 N–H and O–H groups in total. The maximum Gasteiger partial charge on any atom is 0.353 e. The molecule has 0 heterocycles. The van der Waals surface area contributed by atoms with Crippen LogP contribution in [0.1, 0.15) is 62.3 Å². The van der Waals surface area contributed by atoms with Crippen LogP contribution in [0.4, 0.5) is 0 Å². The largest absolute Gasteiger partial charge is 0.446 e. The molecule has 0 aromatic heterocycles. The third-order valence-electron chi connectivity index (χ3n) is 13.7. The van der Waals surface area contributed by atoms with Crippen molar-refractivity contribution in [1.82, 2.24) is 0 Å². The van der Waals surface area contributed by atoms with Gasteiger partial charge in [0.25, 0.3) is 0 Å². The normalized spacial score (nSPS) is 12.6. The smallest absolute Gasteiger partial charge is 0.353 e. The number of ether oxygens (including phenoxy) is 4. The van der Waals surface area contributed by atoms with E-state index in [-0.39, 0.29) is 22.6 Å². The zero-order valence-electron chi connectivity index (χ0n) is 45.8. The van der Waals surface area contributed by atoms with Crippen molar-refractivity contribution in [1.29, 1.82) is 0 Å². The van der Waals surface area contributed by atoms with Crippen LogP contribution in [-0.4, -0.2) is 36.1 Å². The first-order valence-corrected chi connectivity index (χ1v) is 31.9. The van der Waals surface area contributed by atoms with Gasteiger partial charge in [-0.1, -0.05) is 236 Å². The van der Waals surface area contributed by atoms with Gasteiger partial charge in [-0.2, -0.15) is 0 Å². The van der Waals surface area contributed by atoms with E-state index in [1.54, 1.807) is 65.8 Å². The van der Waals surface area contributed by atoms with Crippen LogP contribution in [0.25, 0.3) is 22.3 Å². The maximum absolute atomic E-state index is 16.1. The topological polar surface area (TPSA) is 139 Å². The van der Waals surface area contributed by atoms with Crippen LogP contribution >= 0.6 is 59.5 Å². The summed E-state index contributed by atoms with van der Waals surface area (Å²) in [6, 6.07) is 68.5. The van der Waals surface area contributed by atoms with E-state index in [4.69, 9.17) is 18.9 Å². The number of hydrogen-bond acceptors (Lipinski definition) is 10. The molecule has 0 saturated heterocycles. The van der Waals surface area contributed by atoms with Crippen molar-refractivity contribution in [3.05, 3.63) is 249 Å². The summed E-state index contributed by atoms with van der Waals surface area (Å²) in [5, 5.41) is 3.26. The molecule has 0 amide bonds. The van der Waals surface area contributed by atoms with E-state index in [0.717, 1.165) is 11.1 Å². The first-order valence-electron chi connectivity index (χ1n) is 26.4. The van der Waals surface area contributed by atoms with Crippen molar-refractivity contribution in [2.24, 2.45) is 10.8 Å². The molecule has 0 aliphatic heterocycles. The van der Waals surface area contributed by atoms with E-state index >= 15 is 9.13 Å². The summed E-state index contributed by atoms with van der Waals surface area (Å²) in [5.41, 5.74) is 0.381. The minimum absolute atomic E-state index is 0.0983. The maximum atomic E-state index is 16.1. The summed E-state index contributed by atoms with van der Waals surface area (Å²) < 4.78 is 57.6. The summed E-state index contributed by atoms with van der Waals surface area (Å²) >= 11 is 4.16. The number of carbonyl (C=O) groups is 4. The monoisotopic (exact) mass is 1350 g/mol. The van der Waals surface area contributed by atoms with Gasteiger partial charge in [-0.3, -0.25) is 0 Å². The van der Waals surface area contributed by atoms with E-state index in [1.807, 2.05) is 182 Å². The van der Waals surface area contributed by atoms with Gasteiger partial charge in [0, 0.05) is 42.7 Å². The average Bonchev–Trinajstić information content (AvgIpc) is 3.25. The summed E-state index contributed by atoms with van der Waals surface area (Å²) in [7, 11) is -7.36. The number of rotatable bonds is 16. The molecule has 10 nitrogen and oxygen atoms in total. The molecule has 9 aromatic rings. The third-order valence-corrected chi connectivity index (χ3v) is 23.0. The van der Waals surface area contributed by atoms with Crippen LogP contribution in [0.15, 0.2) is 231 Å². The van der Waals surface area contributed by atoms with Gasteiger partial charge in [0.05, 0.1) is 18.3 Å². The molecule has 0 aliphatic rings. The van der Waals surface area contributed by atoms with E-state index in [9.17, 15) is 19.2 Å². The average molecular weight is 1350 g/mol. The van der Waals surface area contributed by atoms with Gasteiger partial charge in [0.15, 0.2) is 14.3 Å². The minimum atomic E-state index is -3.68. The van der Waals surface area contributed by atoms with E-state index in [0.29, 0.717) is 50.1 Å². The Morgan fingerprint density at radius 1 is 0.366 bits per heavy atom. The molecule has 14 heteroatoms. The highest BCUT2D eigenvalue weighted by atomic mass is 127. The standard InChI is InChI=1S/C68H58I2O10P2/c1-67(2,3)61(65(73)77-55-43-41-51(45-27-13-7-14-28-45)59(57(55)69)81(75,47-31-17-9-18-32-47)48-33-19-10-20-34-48)79-63(71)53-39-25-26-40-54(53)64(72)80-62(68(4,5)6)66(74)78-56-44-42-52(46-29-15-8-16-30-46)60(58(56)70)82(76,49-35-21-11-22-36-49)50-37-23-12-24-38-50/h7-44,61-62H,1-6H3/t61-,62-/m0/s1. The third kappa shape index (κ3) is 12.4. The highest BCUT2D eigenvalue weighted by molar-refractivity contribution is 14.1. The van der Waals surface area contributed by atoms with Crippen molar-refractivity contribution in [3.63, 3.8) is 0 Å². The van der Waals surface area contributed by atoms with E-state index in [2.05, 4.69) is 45.2 Å². The van der Waals surface area contributed by atoms with E-state index in [1.165, 1.54) is 24.3 Å². The molecule has 0 fully saturated rings. The lowest BCUT2D eigenvalue weighted by atomic mass is 9.88. The Morgan fingerprint density at radius 2 is 0.622 bits per heavy atom. The Bertz CT molecular complexity index is 3550. The lowest BCUT2D eigenvalue weighted by molar-refractivity contribution is -0.151. The molecule has 0 saturated carbocycles. The van der Waals surface area contributed by atoms with Crippen LogP contribution < -0.4 is 41.3 Å². The second-order valence-electron chi connectivity index (χ2n) is 21.5. The quantitative estimate of drug-likeness (QED) is 0.0397. The van der Waals surface area contributed by atoms with Gasteiger partial charge in [-0.15, -0.1) is 0 Å². The molecular weight excluding hydrogens is 1290 g/mol. The van der Waals surface area contributed by atoms with Gasteiger partial charge in [-0.25, -0.2) is 19.2 Å². The Hall–Kier alpha value is -7.22. The van der Waals surface area contributed by atoms with Crippen LogP contribution in [0.5, 0.6) is 11.5 Å². The molecule has 414 valence electrons. The van der Waals surface area contributed by atoms with Crippen molar-refractivity contribution in [2.75, 3.05) is 0 Å². The van der Waals surface area contributed by atoms with Gasteiger partial charge in [0.2, 0.25) is 12.2 Å². The van der Waals surface area contributed by atoms with Crippen LogP contribution in [0, 0.1) is 18.0 Å². The zero-order chi connectivity index (χ0) is 58.4. The summed E-state index contributed by atoms with van der Waals surface area (Å²) in [5.74, 6) is -3.70. The lowest BCUT2D eigenvalue weighted by Gasteiger charge is -2.30. The Labute approximate surface area is 505 Å². The van der Waals surface area contributed by atoms with Crippen LogP contribution in [0.3, 0.4) is 0 Å². The molecule has 9 aromatic carbocycles. The van der Waals surface area contributed by atoms with Crippen molar-refractivity contribution >= 4 is 115 Å². The minimum Gasteiger partial charge on any atom is -0.446 e. The molecule has 0 unspecified atom stereocenters. The SMILES string of the molecule is CC(C)(C)[C@@H](OC(=O)c1ccccc1C(=O)O[C@@H](C(=O)Oc1ccc(-c2ccccc2)c(P(=O)(c2ccccc2)c2ccccc2)c1I)C(C)(C)C)C(=O)Oc1ccc(-c2ccccc2)c(P(=O)(c2ccccc2)c2ccccc2)c1I.